The van der Waals surface area contributed by atoms with Crippen molar-refractivity contribution >= 4 is 16.0 Å². The SMILES string of the molecule is O=C(O)[C@H](COCc1ccccc1)NS(=O)(=O)c1ccc2c(c1)Cc1ccccc1O2. The zero-order valence-electron chi connectivity index (χ0n) is 16.5. The van der Waals surface area contributed by atoms with Crippen molar-refractivity contribution < 1.29 is 27.8 Å². The van der Waals surface area contributed by atoms with E-state index in [1.54, 1.807) is 6.07 Å². The molecule has 0 aliphatic carbocycles. The molecule has 0 aromatic heterocycles. The van der Waals surface area contributed by atoms with Crippen molar-refractivity contribution in [1.82, 2.24) is 4.72 Å². The van der Waals surface area contributed by atoms with E-state index < -0.39 is 22.0 Å². The summed E-state index contributed by atoms with van der Waals surface area (Å²) in [6.07, 6.45) is 0.525. The lowest BCUT2D eigenvalue weighted by molar-refractivity contribution is -0.140. The molecule has 2 N–H and O–H groups in total. The predicted octanol–water partition coefficient (Wildman–Crippen LogP) is 3.33. The zero-order chi connectivity index (χ0) is 21.8. The fraction of sp³-hybridized carbons (Fsp3) is 0.174. The van der Waals surface area contributed by atoms with Crippen LogP contribution in [0.2, 0.25) is 0 Å². The van der Waals surface area contributed by atoms with E-state index in [1.807, 2.05) is 54.6 Å². The Morgan fingerprint density at radius 1 is 1.00 bits per heavy atom. The highest BCUT2D eigenvalue weighted by Crippen LogP contribution is 2.37. The minimum atomic E-state index is -4.08. The Balaban J connectivity index is 1.46. The van der Waals surface area contributed by atoms with Gasteiger partial charge in [0.05, 0.1) is 18.1 Å². The second-order valence-electron chi connectivity index (χ2n) is 7.17. The van der Waals surface area contributed by atoms with E-state index in [4.69, 9.17) is 9.47 Å². The van der Waals surface area contributed by atoms with Crippen LogP contribution in [-0.4, -0.2) is 32.1 Å². The maximum atomic E-state index is 12.8. The van der Waals surface area contributed by atoms with Gasteiger partial charge in [-0.2, -0.15) is 4.72 Å². The standard InChI is InChI=1S/C23H21NO6S/c25-23(26)20(15-29-14-16-6-2-1-3-7-16)24-31(27,28)19-10-11-22-18(13-19)12-17-8-4-5-9-21(17)30-22/h1-11,13,20,24H,12,14-15H2,(H,25,26)/t20-/m0/s1. The number of sulfonamides is 1. The molecule has 31 heavy (non-hydrogen) atoms. The Morgan fingerprint density at radius 2 is 1.71 bits per heavy atom. The van der Waals surface area contributed by atoms with E-state index >= 15 is 0 Å². The van der Waals surface area contributed by atoms with Crippen LogP contribution in [0.15, 0.2) is 77.7 Å². The Labute approximate surface area is 180 Å². The maximum absolute atomic E-state index is 12.8. The highest BCUT2D eigenvalue weighted by atomic mass is 32.2. The Bertz CT molecular complexity index is 1190. The summed E-state index contributed by atoms with van der Waals surface area (Å²) in [5, 5.41) is 9.46. The van der Waals surface area contributed by atoms with Gasteiger partial charge in [-0.25, -0.2) is 8.42 Å². The molecule has 0 unspecified atom stereocenters. The highest BCUT2D eigenvalue weighted by Gasteiger charge is 2.27. The predicted molar refractivity (Wildman–Crippen MR) is 114 cm³/mol. The highest BCUT2D eigenvalue weighted by molar-refractivity contribution is 7.89. The van der Waals surface area contributed by atoms with E-state index in [9.17, 15) is 18.3 Å². The molecule has 3 aromatic carbocycles. The van der Waals surface area contributed by atoms with Gasteiger partial charge in [0, 0.05) is 12.0 Å². The average molecular weight is 439 g/mol. The number of fused-ring (bicyclic) bond motifs is 2. The van der Waals surface area contributed by atoms with Gasteiger partial charge >= 0.3 is 5.97 Å². The van der Waals surface area contributed by atoms with Crippen LogP contribution in [0.5, 0.6) is 11.5 Å². The normalized spacial score (nSPS) is 13.5. The fourth-order valence-corrected chi connectivity index (χ4v) is 4.54. The molecule has 0 spiro atoms. The molecule has 1 aliphatic heterocycles. The minimum Gasteiger partial charge on any atom is -0.480 e. The van der Waals surface area contributed by atoms with Crippen molar-refractivity contribution in [3.63, 3.8) is 0 Å². The van der Waals surface area contributed by atoms with Crippen LogP contribution in [0, 0.1) is 0 Å². The fourth-order valence-electron chi connectivity index (χ4n) is 3.31. The smallest absolute Gasteiger partial charge is 0.324 e. The molecule has 0 radical (unpaired) electrons. The van der Waals surface area contributed by atoms with Gasteiger partial charge in [0.2, 0.25) is 10.0 Å². The molecule has 0 saturated heterocycles. The van der Waals surface area contributed by atoms with Gasteiger partial charge in [0.15, 0.2) is 0 Å². The number of para-hydroxylation sites is 1. The van der Waals surface area contributed by atoms with Gasteiger partial charge in [-0.1, -0.05) is 48.5 Å². The molecule has 8 heteroatoms. The molecule has 1 atom stereocenters. The molecule has 0 fully saturated rings. The first-order chi connectivity index (χ1) is 14.9. The number of benzene rings is 3. The Morgan fingerprint density at radius 3 is 2.48 bits per heavy atom. The van der Waals surface area contributed by atoms with Gasteiger partial charge in [-0.15, -0.1) is 0 Å². The number of nitrogens with one attached hydrogen (secondary N) is 1. The number of hydrogen-bond donors (Lipinski definition) is 2. The van der Waals surface area contributed by atoms with Crippen LogP contribution in [-0.2, 0) is 32.6 Å². The van der Waals surface area contributed by atoms with Crippen molar-refractivity contribution in [2.75, 3.05) is 6.61 Å². The van der Waals surface area contributed by atoms with Gasteiger partial charge in [-0.3, -0.25) is 4.79 Å². The lowest BCUT2D eigenvalue weighted by Crippen LogP contribution is -2.43. The lowest BCUT2D eigenvalue weighted by atomic mass is 10.0. The van der Waals surface area contributed by atoms with Gasteiger partial charge in [-0.05, 0) is 35.4 Å². The van der Waals surface area contributed by atoms with Gasteiger partial charge < -0.3 is 14.6 Å². The first kappa shape index (κ1) is 21.0. The first-order valence-electron chi connectivity index (χ1n) is 9.68. The zero-order valence-corrected chi connectivity index (χ0v) is 17.3. The van der Waals surface area contributed by atoms with E-state index in [0.717, 1.165) is 16.9 Å². The maximum Gasteiger partial charge on any atom is 0.324 e. The van der Waals surface area contributed by atoms with E-state index in [-0.39, 0.29) is 18.1 Å². The van der Waals surface area contributed by atoms with Gasteiger partial charge in [0.25, 0.3) is 0 Å². The van der Waals surface area contributed by atoms with E-state index in [0.29, 0.717) is 17.7 Å². The number of carboxylic acids is 1. The van der Waals surface area contributed by atoms with Crippen molar-refractivity contribution in [2.45, 2.75) is 24.0 Å². The number of carboxylic acid groups (broad SMARTS) is 1. The van der Waals surface area contributed by atoms with E-state index in [2.05, 4.69) is 4.72 Å². The summed E-state index contributed by atoms with van der Waals surface area (Å²) in [7, 11) is -4.08. The van der Waals surface area contributed by atoms with Crippen molar-refractivity contribution in [3.05, 3.63) is 89.5 Å². The van der Waals surface area contributed by atoms with Crippen LogP contribution in [0.4, 0.5) is 0 Å². The second kappa shape index (κ2) is 8.89. The molecule has 4 rings (SSSR count). The van der Waals surface area contributed by atoms with E-state index in [1.165, 1.54) is 12.1 Å². The first-order valence-corrected chi connectivity index (χ1v) is 11.2. The number of rotatable bonds is 8. The second-order valence-corrected chi connectivity index (χ2v) is 8.88. The number of hydrogen-bond acceptors (Lipinski definition) is 5. The van der Waals surface area contributed by atoms with Crippen LogP contribution >= 0.6 is 0 Å². The molecule has 7 nitrogen and oxygen atoms in total. The van der Waals surface area contributed by atoms with Gasteiger partial charge in [0.1, 0.15) is 17.5 Å². The molecular weight excluding hydrogens is 418 g/mol. The molecule has 3 aromatic rings. The molecule has 160 valence electrons. The van der Waals surface area contributed by atoms with Crippen LogP contribution in [0.3, 0.4) is 0 Å². The van der Waals surface area contributed by atoms with Crippen molar-refractivity contribution in [2.24, 2.45) is 0 Å². The summed E-state index contributed by atoms with van der Waals surface area (Å²) in [6.45, 7) is -0.118. The van der Waals surface area contributed by atoms with Crippen LogP contribution in [0.25, 0.3) is 0 Å². The summed E-state index contributed by atoms with van der Waals surface area (Å²) in [4.78, 5) is 11.6. The number of carbonyl (C=O) groups is 1. The molecule has 1 heterocycles. The Kier molecular flexibility index (Phi) is 6.03. The molecule has 1 aliphatic rings. The largest absolute Gasteiger partial charge is 0.480 e. The third-order valence-electron chi connectivity index (χ3n) is 4.91. The summed E-state index contributed by atoms with van der Waals surface area (Å²) >= 11 is 0. The summed E-state index contributed by atoms with van der Waals surface area (Å²) < 4.78 is 39.2. The monoisotopic (exact) mass is 439 g/mol. The Hall–Kier alpha value is -3.20. The summed E-state index contributed by atoms with van der Waals surface area (Å²) in [5.74, 6) is 0.00993. The third kappa shape index (κ3) is 4.93. The molecular formula is C23H21NO6S. The number of aliphatic carboxylic acids is 1. The summed E-state index contributed by atoms with van der Waals surface area (Å²) in [6, 6.07) is 19.8. The third-order valence-corrected chi connectivity index (χ3v) is 6.38. The summed E-state index contributed by atoms with van der Waals surface area (Å²) in [5.41, 5.74) is 2.54. The lowest BCUT2D eigenvalue weighted by Gasteiger charge is -2.21. The quantitative estimate of drug-likeness (QED) is 0.437. The van der Waals surface area contributed by atoms with Crippen molar-refractivity contribution in [1.29, 1.82) is 0 Å². The van der Waals surface area contributed by atoms with Crippen LogP contribution in [0.1, 0.15) is 16.7 Å². The topological polar surface area (TPSA) is 102 Å². The average Bonchev–Trinajstić information content (AvgIpc) is 2.77. The molecule has 0 amide bonds. The van der Waals surface area contributed by atoms with Crippen LogP contribution < -0.4 is 9.46 Å². The van der Waals surface area contributed by atoms with Crippen molar-refractivity contribution in [3.8, 4) is 11.5 Å². The molecule has 0 bridgehead atoms. The molecule has 0 saturated carbocycles. The minimum absolute atomic E-state index is 0.0245. The number of ether oxygens (including phenoxy) is 2.